The second-order valence-electron chi connectivity index (χ2n) is 4.53. The Bertz CT molecular complexity index is 395. The number of carbonyl (C=O) groups is 1. The van der Waals surface area contributed by atoms with E-state index in [1.807, 2.05) is 19.1 Å². The number of rotatable bonds is 6. The van der Waals surface area contributed by atoms with E-state index in [-0.39, 0.29) is 18.0 Å². The minimum absolute atomic E-state index is 0.0474. The molecule has 0 spiro atoms. The molecule has 0 heterocycles. The standard InChI is InChI=1S/C14H21BrN2O/c1-4-10(2)17-14(18)9-16-11(3)12-6-5-7-13(15)8-12/h5-8,10-11,16H,4,9H2,1-3H3,(H,17,18). The molecule has 1 rings (SSSR count). The zero-order chi connectivity index (χ0) is 13.5. The zero-order valence-electron chi connectivity index (χ0n) is 11.2. The van der Waals surface area contributed by atoms with E-state index in [0.717, 1.165) is 10.9 Å². The molecule has 1 amide bonds. The fourth-order valence-corrected chi connectivity index (χ4v) is 1.98. The van der Waals surface area contributed by atoms with Crippen LogP contribution in [0.3, 0.4) is 0 Å². The van der Waals surface area contributed by atoms with Crippen LogP contribution in [0.2, 0.25) is 0 Å². The van der Waals surface area contributed by atoms with Gasteiger partial charge in [-0.25, -0.2) is 0 Å². The molecule has 0 bridgehead atoms. The number of benzene rings is 1. The Kier molecular flexibility index (Phi) is 6.36. The van der Waals surface area contributed by atoms with Crippen molar-refractivity contribution in [2.75, 3.05) is 6.54 Å². The van der Waals surface area contributed by atoms with E-state index < -0.39 is 0 Å². The smallest absolute Gasteiger partial charge is 0.234 e. The molecule has 0 saturated heterocycles. The lowest BCUT2D eigenvalue weighted by molar-refractivity contribution is -0.120. The monoisotopic (exact) mass is 312 g/mol. The zero-order valence-corrected chi connectivity index (χ0v) is 12.8. The van der Waals surface area contributed by atoms with Crippen molar-refractivity contribution in [2.45, 2.75) is 39.3 Å². The molecule has 100 valence electrons. The van der Waals surface area contributed by atoms with Crippen LogP contribution in [0.1, 0.15) is 38.8 Å². The Balaban J connectivity index is 2.41. The van der Waals surface area contributed by atoms with Crippen molar-refractivity contribution in [2.24, 2.45) is 0 Å². The van der Waals surface area contributed by atoms with Crippen molar-refractivity contribution in [1.82, 2.24) is 10.6 Å². The van der Waals surface area contributed by atoms with E-state index in [1.165, 1.54) is 5.56 Å². The van der Waals surface area contributed by atoms with E-state index in [4.69, 9.17) is 0 Å². The summed E-state index contributed by atoms with van der Waals surface area (Å²) in [6, 6.07) is 8.49. The predicted molar refractivity (Wildman–Crippen MR) is 78.5 cm³/mol. The highest BCUT2D eigenvalue weighted by Gasteiger charge is 2.09. The topological polar surface area (TPSA) is 41.1 Å². The molecule has 1 aromatic carbocycles. The van der Waals surface area contributed by atoms with Gasteiger partial charge < -0.3 is 10.6 Å². The molecule has 0 aliphatic rings. The Morgan fingerprint density at radius 1 is 1.39 bits per heavy atom. The van der Waals surface area contributed by atoms with Crippen LogP contribution in [-0.4, -0.2) is 18.5 Å². The van der Waals surface area contributed by atoms with Crippen molar-refractivity contribution in [1.29, 1.82) is 0 Å². The van der Waals surface area contributed by atoms with Crippen LogP contribution < -0.4 is 10.6 Å². The minimum Gasteiger partial charge on any atom is -0.353 e. The Hall–Kier alpha value is -0.870. The summed E-state index contributed by atoms with van der Waals surface area (Å²) in [5, 5.41) is 6.16. The van der Waals surface area contributed by atoms with Crippen LogP contribution in [-0.2, 0) is 4.79 Å². The van der Waals surface area contributed by atoms with Gasteiger partial charge in [-0.05, 0) is 38.0 Å². The van der Waals surface area contributed by atoms with Crippen LogP contribution in [0, 0.1) is 0 Å². The lowest BCUT2D eigenvalue weighted by Crippen LogP contribution is -2.39. The van der Waals surface area contributed by atoms with Crippen LogP contribution in [0.15, 0.2) is 28.7 Å². The number of amides is 1. The molecule has 0 aliphatic carbocycles. The third kappa shape index (κ3) is 5.19. The Morgan fingerprint density at radius 2 is 2.11 bits per heavy atom. The predicted octanol–water partition coefficient (Wildman–Crippen LogP) is 3.01. The first-order chi connectivity index (χ1) is 8.52. The average Bonchev–Trinajstić information content (AvgIpc) is 2.35. The van der Waals surface area contributed by atoms with Gasteiger partial charge in [0.25, 0.3) is 0 Å². The van der Waals surface area contributed by atoms with E-state index in [1.54, 1.807) is 0 Å². The fourth-order valence-electron chi connectivity index (χ4n) is 1.57. The quantitative estimate of drug-likeness (QED) is 0.847. The van der Waals surface area contributed by atoms with Gasteiger partial charge in [0.15, 0.2) is 0 Å². The highest BCUT2D eigenvalue weighted by Crippen LogP contribution is 2.17. The van der Waals surface area contributed by atoms with Gasteiger partial charge in [0.05, 0.1) is 6.54 Å². The lowest BCUT2D eigenvalue weighted by atomic mass is 10.1. The summed E-state index contributed by atoms with van der Waals surface area (Å²) >= 11 is 3.45. The largest absolute Gasteiger partial charge is 0.353 e. The lowest BCUT2D eigenvalue weighted by Gasteiger charge is -2.16. The molecule has 0 radical (unpaired) electrons. The molecular formula is C14H21BrN2O. The first-order valence-electron chi connectivity index (χ1n) is 6.31. The number of nitrogens with one attached hydrogen (secondary N) is 2. The van der Waals surface area contributed by atoms with Gasteiger partial charge in [-0.3, -0.25) is 4.79 Å². The molecule has 2 N–H and O–H groups in total. The first kappa shape index (κ1) is 15.2. The minimum atomic E-state index is 0.0474. The van der Waals surface area contributed by atoms with Gasteiger partial charge in [0, 0.05) is 16.6 Å². The number of halogens is 1. The maximum absolute atomic E-state index is 11.6. The summed E-state index contributed by atoms with van der Waals surface area (Å²) in [5.74, 6) is 0.0474. The summed E-state index contributed by atoms with van der Waals surface area (Å²) in [5.41, 5.74) is 1.17. The van der Waals surface area contributed by atoms with Gasteiger partial charge in [-0.2, -0.15) is 0 Å². The molecule has 18 heavy (non-hydrogen) atoms. The summed E-state index contributed by atoms with van der Waals surface area (Å²) in [6.07, 6.45) is 0.951. The number of hydrogen-bond acceptors (Lipinski definition) is 2. The maximum atomic E-state index is 11.6. The SMILES string of the molecule is CCC(C)NC(=O)CNC(C)c1cccc(Br)c1. The van der Waals surface area contributed by atoms with Crippen molar-refractivity contribution in [3.05, 3.63) is 34.3 Å². The highest BCUT2D eigenvalue weighted by atomic mass is 79.9. The molecule has 0 fully saturated rings. The fraction of sp³-hybridized carbons (Fsp3) is 0.500. The molecule has 4 heteroatoms. The van der Waals surface area contributed by atoms with E-state index in [2.05, 4.69) is 52.5 Å². The highest BCUT2D eigenvalue weighted by molar-refractivity contribution is 9.10. The third-order valence-electron chi connectivity index (χ3n) is 2.94. The average molecular weight is 313 g/mol. The van der Waals surface area contributed by atoms with Crippen LogP contribution in [0.25, 0.3) is 0 Å². The van der Waals surface area contributed by atoms with Gasteiger partial charge >= 0.3 is 0 Å². The van der Waals surface area contributed by atoms with Gasteiger partial charge in [-0.15, -0.1) is 0 Å². The van der Waals surface area contributed by atoms with Crippen molar-refractivity contribution < 1.29 is 4.79 Å². The molecule has 0 aromatic heterocycles. The second-order valence-corrected chi connectivity index (χ2v) is 5.45. The summed E-state index contributed by atoms with van der Waals surface area (Å²) in [4.78, 5) is 11.6. The summed E-state index contributed by atoms with van der Waals surface area (Å²) in [7, 11) is 0. The van der Waals surface area contributed by atoms with E-state index in [0.29, 0.717) is 6.54 Å². The Morgan fingerprint density at radius 3 is 2.72 bits per heavy atom. The van der Waals surface area contributed by atoms with Gasteiger partial charge in [-0.1, -0.05) is 35.0 Å². The summed E-state index contributed by atoms with van der Waals surface area (Å²) < 4.78 is 1.05. The first-order valence-corrected chi connectivity index (χ1v) is 7.10. The van der Waals surface area contributed by atoms with Crippen molar-refractivity contribution >= 4 is 21.8 Å². The number of hydrogen-bond donors (Lipinski definition) is 2. The normalized spacial score (nSPS) is 14.0. The van der Waals surface area contributed by atoms with E-state index in [9.17, 15) is 4.79 Å². The number of carbonyl (C=O) groups excluding carboxylic acids is 1. The molecule has 2 unspecified atom stereocenters. The molecule has 1 aromatic rings. The maximum Gasteiger partial charge on any atom is 0.234 e. The van der Waals surface area contributed by atoms with Crippen LogP contribution in [0.5, 0.6) is 0 Å². The molecule has 3 nitrogen and oxygen atoms in total. The summed E-state index contributed by atoms with van der Waals surface area (Å²) in [6.45, 7) is 6.47. The van der Waals surface area contributed by atoms with Crippen LogP contribution in [0.4, 0.5) is 0 Å². The van der Waals surface area contributed by atoms with Crippen LogP contribution >= 0.6 is 15.9 Å². The second kappa shape index (κ2) is 7.54. The third-order valence-corrected chi connectivity index (χ3v) is 3.43. The Labute approximate surface area is 117 Å². The molecule has 2 atom stereocenters. The molecule has 0 saturated carbocycles. The van der Waals surface area contributed by atoms with Crippen molar-refractivity contribution in [3.63, 3.8) is 0 Å². The van der Waals surface area contributed by atoms with Gasteiger partial charge in [0.1, 0.15) is 0 Å². The van der Waals surface area contributed by atoms with Gasteiger partial charge in [0.2, 0.25) is 5.91 Å². The van der Waals surface area contributed by atoms with Crippen molar-refractivity contribution in [3.8, 4) is 0 Å². The molecule has 0 aliphatic heterocycles. The molecular weight excluding hydrogens is 292 g/mol. The van der Waals surface area contributed by atoms with E-state index >= 15 is 0 Å².